The number of halogens is 1. The van der Waals surface area contributed by atoms with Crippen LogP contribution in [0, 0.1) is 12.9 Å². The van der Waals surface area contributed by atoms with E-state index in [1.165, 1.54) is 13.0 Å². The summed E-state index contributed by atoms with van der Waals surface area (Å²) < 4.78 is 12.8. The lowest BCUT2D eigenvalue weighted by Crippen LogP contribution is -2.00. The molecule has 0 saturated heterocycles. The molecule has 0 bridgehead atoms. The van der Waals surface area contributed by atoms with Crippen LogP contribution in [-0.4, -0.2) is 10.8 Å². The van der Waals surface area contributed by atoms with Crippen molar-refractivity contribution >= 4 is 5.78 Å². The minimum absolute atomic E-state index is 0.0515. The van der Waals surface area contributed by atoms with Gasteiger partial charge in [-0.1, -0.05) is 0 Å². The van der Waals surface area contributed by atoms with Crippen LogP contribution in [0.2, 0.25) is 0 Å². The molecular formula is C8H8FNO. The highest BCUT2D eigenvalue weighted by Crippen LogP contribution is 2.05. The molecule has 0 N–H and O–H groups in total. The number of aromatic nitrogens is 1. The van der Waals surface area contributed by atoms with E-state index in [2.05, 4.69) is 4.98 Å². The number of hydrogen-bond acceptors (Lipinski definition) is 2. The SMILES string of the molecule is CC(=O)c1ccc(C)nc1F. The van der Waals surface area contributed by atoms with Crippen LogP contribution >= 0.6 is 0 Å². The van der Waals surface area contributed by atoms with Crippen LogP contribution in [0.25, 0.3) is 0 Å². The molecular weight excluding hydrogens is 145 g/mol. The van der Waals surface area contributed by atoms with Gasteiger partial charge in [0.2, 0.25) is 5.95 Å². The van der Waals surface area contributed by atoms with Crippen LogP contribution in [0.5, 0.6) is 0 Å². The fourth-order valence-electron chi connectivity index (χ4n) is 0.788. The largest absolute Gasteiger partial charge is 0.294 e. The first-order valence-corrected chi connectivity index (χ1v) is 3.25. The highest BCUT2D eigenvalue weighted by molar-refractivity contribution is 5.93. The van der Waals surface area contributed by atoms with Gasteiger partial charge in [-0.3, -0.25) is 4.79 Å². The normalized spacial score (nSPS) is 9.73. The van der Waals surface area contributed by atoms with Crippen molar-refractivity contribution in [3.8, 4) is 0 Å². The van der Waals surface area contributed by atoms with E-state index in [4.69, 9.17) is 0 Å². The van der Waals surface area contributed by atoms with Crippen LogP contribution in [0.4, 0.5) is 4.39 Å². The third-order valence-corrected chi connectivity index (χ3v) is 1.37. The lowest BCUT2D eigenvalue weighted by Gasteiger charge is -1.96. The topological polar surface area (TPSA) is 30.0 Å². The summed E-state index contributed by atoms with van der Waals surface area (Å²) in [5, 5.41) is 0. The Balaban J connectivity index is 3.20. The molecule has 1 heterocycles. The van der Waals surface area contributed by atoms with E-state index in [0.717, 1.165) is 0 Å². The van der Waals surface area contributed by atoms with E-state index < -0.39 is 5.95 Å². The van der Waals surface area contributed by atoms with Crippen molar-refractivity contribution in [2.75, 3.05) is 0 Å². The van der Waals surface area contributed by atoms with Gasteiger partial charge in [0.25, 0.3) is 0 Å². The number of rotatable bonds is 1. The van der Waals surface area contributed by atoms with Gasteiger partial charge in [0, 0.05) is 5.69 Å². The second-order valence-corrected chi connectivity index (χ2v) is 2.35. The smallest absolute Gasteiger partial charge is 0.223 e. The van der Waals surface area contributed by atoms with Crippen molar-refractivity contribution in [1.82, 2.24) is 4.98 Å². The molecule has 0 atom stereocenters. The molecule has 0 aliphatic heterocycles. The number of nitrogens with zero attached hydrogens (tertiary/aromatic N) is 1. The van der Waals surface area contributed by atoms with Crippen LogP contribution in [0.15, 0.2) is 12.1 Å². The third-order valence-electron chi connectivity index (χ3n) is 1.37. The Labute approximate surface area is 64.1 Å². The Kier molecular flexibility index (Phi) is 1.98. The third kappa shape index (κ3) is 1.61. The van der Waals surface area contributed by atoms with Gasteiger partial charge < -0.3 is 0 Å². The number of carbonyl (C=O) groups is 1. The number of carbonyl (C=O) groups excluding carboxylic acids is 1. The number of aryl methyl sites for hydroxylation is 1. The fraction of sp³-hybridized carbons (Fsp3) is 0.250. The average molecular weight is 153 g/mol. The van der Waals surface area contributed by atoms with Gasteiger partial charge >= 0.3 is 0 Å². The minimum atomic E-state index is -0.683. The van der Waals surface area contributed by atoms with E-state index >= 15 is 0 Å². The van der Waals surface area contributed by atoms with Gasteiger partial charge in [-0.2, -0.15) is 4.39 Å². The van der Waals surface area contributed by atoms with E-state index in [0.29, 0.717) is 5.69 Å². The first-order valence-electron chi connectivity index (χ1n) is 3.25. The van der Waals surface area contributed by atoms with Crippen LogP contribution in [0.3, 0.4) is 0 Å². The maximum Gasteiger partial charge on any atom is 0.223 e. The molecule has 1 rings (SSSR count). The van der Waals surface area contributed by atoms with Crippen LogP contribution in [-0.2, 0) is 0 Å². The number of hydrogen-bond donors (Lipinski definition) is 0. The zero-order valence-corrected chi connectivity index (χ0v) is 6.39. The lowest BCUT2D eigenvalue weighted by atomic mass is 10.2. The predicted octanol–water partition coefficient (Wildman–Crippen LogP) is 1.73. The molecule has 2 nitrogen and oxygen atoms in total. The number of ketones is 1. The van der Waals surface area contributed by atoms with Crippen molar-refractivity contribution in [3.63, 3.8) is 0 Å². The van der Waals surface area contributed by atoms with Gasteiger partial charge in [0.1, 0.15) is 0 Å². The second-order valence-electron chi connectivity index (χ2n) is 2.35. The molecule has 1 aromatic heterocycles. The highest BCUT2D eigenvalue weighted by atomic mass is 19.1. The molecule has 0 fully saturated rings. The summed E-state index contributed by atoms with van der Waals surface area (Å²) in [6.07, 6.45) is 0. The molecule has 1 aromatic rings. The Bertz CT molecular complexity index is 296. The average Bonchev–Trinajstić information content (AvgIpc) is 1.85. The predicted molar refractivity (Wildman–Crippen MR) is 38.9 cm³/mol. The lowest BCUT2D eigenvalue weighted by molar-refractivity contribution is 0.101. The summed E-state index contributed by atoms with van der Waals surface area (Å²) in [7, 11) is 0. The Morgan fingerprint density at radius 1 is 1.55 bits per heavy atom. The molecule has 0 aromatic carbocycles. The molecule has 0 radical (unpaired) electrons. The summed E-state index contributed by atoms with van der Waals surface area (Å²) in [6, 6.07) is 3.06. The maximum atomic E-state index is 12.8. The van der Waals surface area contributed by atoms with E-state index in [1.807, 2.05) is 0 Å². The molecule has 0 unspecified atom stereocenters. The molecule has 0 spiro atoms. The zero-order chi connectivity index (χ0) is 8.43. The molecule has 3 heteroatoms. The quantitative estimate of drug-likeness (QED) is 0.454. The maximum absolute atomic E-state index is 12.8. The molecule has 0 aliphatic carbocycles. The summed E-state index contributed by atoms with van der Waals surface area (Å²) in [4.78, 5) is 14.2. The molecule has 0 saturated carbocycles. The molecule has 11 heavy (non-hydrogen) atoms. The fourth-order valence-corrected chi connectivity index (χ4v) is 0.788. The molecule has 0 amide bonds. The zero-order valence-electron chi connectivity index (χ0n) is 6.39. The molecule has 58 valence electrons. The minimum Gasteiger partial charge on any atom is -0.294 e. The monoisotopic (exact) mass is 153 g/mol. The van der Waals surface area contributed by atoms with E-state index in [1.54, 1.807) is 13.0 Å². The van der Waals surface area contributed by atoms with E-state index in [-0.39, 0.29) is 11.3 Å². The molecule has 0 aliphatic rings. The van der Waals surface area contributed by atoms with Crippen molar-refractivity contribution < 1.29 is 9.18 Å². The summed E-state index contributed by atoms with van der Waals surface area (Å²) in [6.45, 7) is 2.99. The van der Waals surface area contributed by atoms with E-state index in [9.17, 15) is 9.18 Å². The van der Waals surface area contributed by atoms with Crippen molar-refractivity contribution in [3.05, 3.63) is 29.3 Å². The first-order chi connectivity index (χ1) is 5.11. The van der Waals surface area contributed by atoms with Gasteiger partial charge in [0.15, 0.2) is 5.78 Å². The summed E-state index contributed by atoms with van der Waals surface area (Å²) >= 11 is 0. The van der Waals surface area contributed by atoms with Crippen molar-refractivity contribution in [1.29, 1.82) is 0 Å². The van der Waals surface area contributed by atoms with Gasteiger partial charge in [-0.25, -0.2) is 4.98 Å². The van der Waals surface area contributed by atoms with Gasteiger partial charge in [0.05, 0.1) is 5.56 Å². The van der Waals surface area contributed by atoms with Crippen molar-refractivity contribution in [2.24, 2.45) is 0 Å². The summed E-state index contributed by atoms with van der Waals surface area (Å²) in [5.74, 6) is -0.979. The Hall–Kier alpha value is -1.25. The number of Topliss-reactive ketones (excluding diaryl/α,β-unsaturated/α-hetero) is 1. The summed E-state index contributed by atoms with van der Waals surface area (Å²) in [5.41, 5.74) is 0.628. The standard InChI is InChI=1S/C8H8FNO/c1-5-3-4-7(6(2)11)8(9)10-5/h3-4H,1-2H3. The Morgan fingerprint density at radius 2 is 2.18 bits per heavy atom. The van der Waals surface area contributed by atoms with Crippen LogP contribution < -0.4 is 0 Å². The first kappa shape index (κ1) is 7.85. The van der Waals surface area contributed by atoms with Crippen molar-refractivity contribution in [2.45, 2.75) is 13.8 Å². The van der Waals surface area contributed by atoms with Gasteiger partial charge in [-0.15, -0.1) is 0 Å². The van der Waals surface area contributed by atoms with Crippen LogP contribution in [0.1, 0.15) is 23.0 Å². The second kappa shape index (κ2) is 2.78. The van der Waals surface area contributed by atoms with Gasteiger partial charge in [-0.05, 0) is 26.0 Å². The Morgan fingerprint density at radius 3 is 2.64 bits per heavy atom. The number of pyridine rings is 1. The highest BCUT2D eigenvalue weighted by Gasteiger charge is 2.06.